The minimum absolute atomic E-state index is 0.179. The van der Waals surface area contributed by atoms with E-state index in [0.29, 0.717) is 37.3 Å². The van der Waals surface area contributed by atoms with Crippen LogP contribution in [0.5, 0.6) is 0 Å². The smallest absolute Gasteiger partial charge is 0.232 e. The van der Waals surface area contributed by atoms with E-state index in [2.05, 4.69) is 25.8 Å². The van der Waals surface area contributed by atoms with E-state index in [4.69, 9.17) is 4.52 Å². The molecule has 0 saturated carbocycles. The van der Waals surface area contributed by atoms with Crippen LogP contribution in [0.15, 0.2) is 33.8 Å². The lowest BCUT2D eigenvalue weighted by molar-refractivity contribution is 0.318. The molecule has 0 atom stereocenters. The molecule has 2 rings (SSSR count). The van der Waals surface area contributed by atoms with Gasteiger partial charge in [0, 0.05) is 12.0 Å². The minimum atomic E-state index is -0.262. The summed E-state index contributed by atoms with van der Waals surface area (Å²) in [7, 11) is 0. The van der Waals surface area contributed by atoms with Gasteiger partial charge in [-0.25, -0.2) is 9.38 Å². The van der Waals surface area contributed by atoms with Gasteiger partial charge in [0.15, 0.2) is 11.8 Å². The maximum atomic E-state index is 13.2. The second-order valence-corrected chi connectivity index (χ2v) is 6.44. The topological polar surface area (TPSA) is 75.3 Å². The Bertz CT molecular complexity index is 690. The van der Waals surface area contributed by atoms with Crippen LogP contribution >= 0.6 is 0 Å². The third-order valence-corrected chi connectivity index (χ3v) is 3.18. The van der Waals surface area contributed by atoms with Crippen LogP contribution in [-0.4, -0.2) is 22.6 Å². The van der Waals surface area contributed by atoms with Crippen molar-refractivity contribution in [1.82, 2.24) is 20.8 Å². The zero-order valence-electron chi connectivity index (χ0n) is 14.6. The number of nitrogens with one attached hydrogen (secondary N) is 2. The molecule has 0 bridgehead atoms. The van der Waals surface area contributed by atoms with Gasteiger partial charge in [0.25, 0.3) is 0 Å². The molecule has 2 aromatic rings. The molecular weight excluding hydrogens is 309 g/mol. The third kappa shape index (κ3) is 5.33. The number of hydrogen-bond donors (Lipinski definition) is 2. The average molecular weight is 333 g/mol. The van der Waals surface area contributed by atoms with Gasteiger partial charge in [-0.2, -0.15) is 4.98 Å². The fourth-order valence-electron chi connectivity index (χ4n) is 1.94. The maximum Gasteiger partial charge on any atom is 0.232 e. The number of aliphatic imine (C=N–C) groups is 1. The first kappa shape index (κ1) is 17.9. The predicted octanol–water partition coefficient (Wildman–Crippen LogP) is 2.76. The first-order valence-corrected chi connectivity index (χ1v) is 7.98. The van der Waals surface area contributed by atoms with Crippen molar-refractivity contribution in [3.8, 4) is 0 Å². The second kappa shape index (κ2) is 7.90. The summed E-state index contributed by atoms with van der Waals surface area (Å²) < 4.78 is 18.5. The van der Waals surface area contributed by atoms with E-state index >= 15 is 0 Å². The fourth-order valence-corrected chi connectivity index (χ4v) is 1.94. The molecule has 0 saturated heterocycles. The number of guanidine groups is 1. The van der Waals surface area contributed by atoms with Gasteiger partial charge in [-0.05, 0) is 24.6 Å². The molecule has 24 heavy (non-hydrogen) atoms. The number of rotatable bonds is 5. The van der Waals surface area contributed by atoms with Crippen molar-refractivity contribution in [2.24, 2.45) is 4.99 Å². The summed E-state index contributed by atoms with van der Waals surface area (Å²) in [5.41, 5.74) is 0.628. The largest absolute Gasteiger partial charge is 0.357 e. The Morgan fingerprint density at radius 2 is 2.08 bits per heavy atom. The molecule has 0 aliphatic heterocycles. The predicted molar refractivity (Wildman–Crippen MR) is 91.1 cm³/mol. The molecule has 0 aliphatic rings. The first-order chi connectivity index (χ1) is 11.4. The van der Waals surface area contributed by atoms with Gasteiger partial charge in [-0.3, -0.25) is 0 Å². The summed E-state index contributed by atoms with van der Waals surface area (Å²) in [4.78, 5) is 8.81. The third-order valence-electron chi connectivity index (χ3n) is 3.18. The zero-order valence-corrected chi connectivity index (χ0v) is 14.6. The molecule has 130 valence electrons. The Balaban J connectivity index is 1.98. The molecule has 1 heterocycles. The van der Waals surface area contributed by atoms with Crippen molar-refractivity contribution in [3.63, 3.8) is 0 Å². The lowest BCUT2D eigenvalue weighted by atomic mass is 9.97. The number of halogens is 1. The highest BCUT2D eigenvalue weighted by Gasteiger charge is 2.21. The molecule has 1 aromatic carbocycles. The number of nitrogens with zero attached hydrogens (tertiary/aromatic N) is 3. The summed E-state index contributed by atoms with van der Waals surface area (Å²) in [6.07, 6.45) is 0. The van der Waals surface area contributed by atoms with Crippen LogP contribution in [-0.2, 0) is 18.5 Å². The lowest BCUT2D eigenvalue weighted by Crippen LogP contribution is -2.37. The van der Waals surface area contributed by atoms with Gasteiger partial charge in [-0.1, -0.05) is 38.1 Å². The number of benzene rings is 1. The molecule has 1 aromatic heterocycles. The van der Waals surface area contributed by atoms with Gasteiger partial charge in [0.05, 0.1) is 13.1 Å². The van der Waals surface area contributed by atoms with Gasteiger partial charge in [0.1, 0.15) is 5.82 Å². The molecular formula is C17H24FN5O. The average Bonchev–Trinajstić information content (AvgIpc) is 2.99. The quantitative estimate of drug-likeness (QED) is 0.650. The molecule has 6 nitrogen and oxygen atoms in total. The Morgan fingerprint density at radius 3 is 2.71 bits per heavy atom. The summed E-state index contributed by atoms with van der Waals surface area (Å²) in [5.74, 6) is 1.52. The fraction of sp³-hybridized carbons (Fsp3) is 0.471. The molecule has 0 radical (unpaired) electrons. The highest BCUT2D eigenvalue weighted by Crippen LogP contribution is 2.19. The van der Waals surface area contributed by atoms with Crippen LogP contribution < -0.4 is 10.6 Å². The van der Waals surface area contributed by atoms with E-state index < -0.39 is 0 Å². The van der Waals surface area contributed by atoms with Crippen molar-refractivity contribution < 1.29 is 8.91 Å². The van der Waals surface area contributed by atoms with Gasteiger partial charge in [-0.15, -0.1) is 0 Å². The number of hydrogen-bond acceptors (Lipinski definition) is 4. The maximum absolute atomic E-state index is 13.2. The van der Waals surface area contributed by atoms with Crippen LogP contribution in [0.3, 0.4) is 0 Å². The van der Waals surface area contributed by atoms with Crippen molar-refractivity contribution in [3.05, 3.63) is 47.4 Å². The monoisotopic (exact) mass is 333 g/mol. The number of aromatic nitrogens is 2. The zero-order chi connectivity index (χ0) is 17.6. The molecule has 0 spiro atoms. The molecule has 0 unspecified atom stereocenters. The molecule has 7 heteroatoms. The Hall–Kier alpha value is -2.44. The van der Waals surface area contributed by atoms with E-state index in [0.717, 1.165) is 5.56 Å². The minimum Gasteiger partial charge on any atom is -0.357 e. The van der Waals surface area contributed by atoms with E-state index in [9.17, 15) is 4.39 Å². The lowest BCUT2D eigenvalue weighted by Gasteiger charge is -2.11. The van der Waals surface area contributed by atoms with Crippen molar-refractivity contribution in [2.45, 2.75) is 46.2 Å². The standard InChI is InChI=1S/C17H24FN5O/c1-5-19-16(20-10-12-7-6-8-13(18)9-12)21-11-14-22-15(24-23-14)17(2,3)4/h6-9H,5,10-11H2,1-4H3,(H2,19,20,21). The van der Waals surface area contributed by atoms with Crippen LogP contribution in [0, 0.1) is 5.82 Å². The van der Waals surface area contributed by atoms with Gasteiger partial charge in [0.2, 0.25) is 5.89 Å². The van der Waals surface area contributed by atoms with E-state index in [1.54, 1.807) is 6.07 Å². The second-order valence-electron chi connectivity index (χ2n) is 6.44. The van der Waals surface area contributed by atoms with Crippen molar-refractivity contribution in [1.29, 1.82) is 0 Å². The van der Waals surface area contributed by atoms with Gasteiger partial charge >= 0.3 is 0 Å². The summed E-state index contributed by atoms with van der Waals surface area (Å²) in [6.45, 7) is 9.52. The molecule has 2 N–H and O–H groups in total. The summed E-state index contributed by atoms with van der Waals surface area (Å²) in [5, 5.41) is 10.2. The van der Waals surface area contributed by atoms with Crippen molar-refractivity contribution in [2.75, 3.05) is 6.54 Å². The summed E-state index contributed by atoms with van der Waals surface area (Å²) >= 11 is 0. The normalized spacial score (nSPS) is 12.3. The van der Waals surface area contributed by atoms with Crippen LogP contribution in [0.25, 0.3) is 0 Å². The Kier molecular flexibility index (Phi) is 5.89. The van der Waals surface area contributed by atoms with E-state index in [-0.39, 0.29) is 11.2 Å². The highest BCUT2D eigenvalue weighted by atomic mass is 19.1. The first-order valence-electron chi connectivity index (χ1n) is 7.98. The van der Waals surface area contributed by atoms with Crippen LogP contribution in [0.4, 0.5) is 4.39 Å². The SMILES string of the molecule is CCNC(=NCc1cccc(F)c1)NCc1noc(C(C)(C)C)n1. The Labute approximate surface area is 141 Å². The molecule has 0 fully saturated rings. The van der Waals surface area contributed by atoms with Crippen LogP contribution in [0.1, 0.15) is 45.0 Å². The van der Waals surface area contributed by atoms with Gasteiger partial charge < -0.3 is 15.2 Å². The van der Waals surface area contributed by atoms with E-state index in [1.165, 1.54) is 12.1 Å². The Morgan fingerprint density at radius 1 is 1.29 bits per heavy atom. The summed E-state index contributed by atoms with van der Waals surface area (Å²) in [6, 6.07) is 6.40. The van der Waals surface area contributed by atoms with Crippen LogP contribution in [0.2, 0.25) is 0 Å². The van der Waals surface area contributed by atoms with E-state index in [1.807, 2.05) is 33.8 Å². The molecule has 0 aliphatic carbocycles. The highest BCUT2D eigenvalue weighted by molar-refractivity contribution is 5.79. The molecule has 0 amide bonds. The van der Waals surface area contributed by atoms with Crippen molar-refractivity contribution >= 4 is 5.96 Å².